The summed E-state index contributed by atoms with van der Waals surface area (Å²) in [6.45, 7) is 0.659. The number of hydrogen-bond donors (Lipinski definition) is 0. The standard InChI is InChI=1S/C16H16F3N3O4/c1-11(23)13-7-21-22(9-13)8-12-2-3-14(20-6-12)24-10-15(16(17,18)19)25-4-5-26-15/h2-3,6-7,9H,4-5,8,10H2,1H3. The number of ether oxygens (including phenoxy) is 3. The summed E-state index contributed by atoms with van der Waals surface area (Å²) in [5.41, 5.74) is 1.24. The van der Waals surface area contributed by atoms with Crippen LogP contribution in [0.25, 0.3) is 0 Å². The summed E-state index contributed by atoms with van der Waals surface area (Å²) in [6.07, 6.45) is -0.181. The second kappa shape index (κ2) is 7.04. The van der Waals surface area contributed by atoms with Crippen LogP contribution in [0.15, 0.2) is 30.7 Å². The number of ketones is 1. The fraction of sp³-hybridized carbons (Fsp3) is 0.438. The first-order valence-electron chi connectivity index (χ1n) is 7.75. The van der Waals surface area contributed by atoms with Crippen LogP contribution in [-0.2, 0) is 16.0 Å². The Morgan fingerprint density at radius 2 is 2.04 bits per heavy atom. The maximum Gasteiger partial charge on any atom is 0.447 e. The molecule has 0 spiro atoms. The van der Waals surface area contributed by atoms with Gasteiger partial charge in [0.15, 0.2) is 12.4 Å². The van der Waals surface area contributed by atoms with E-state index in [2.05, 4.69) is 10.1 Å². The highest BCUT2D eigenvalue weighted by Gasteiger charge is 2.61. The molecule has 0 aliphatic carbocycles. The molecule has 0 aromatic carbocycles. The third-order valence-electron chi connectivity index (χ3n) is 3.78. The number of rotatable bonds is 6. The van der Waals surface area contributed by atoms with Gasteiger partial charge in [0, 0.05) is 18.5 Å². The van der Waals surface area contributed by atoms with Crippen molar-refractivity contribution in [3.05, 3.63) is 41.9 Å². The van der Waals surface area contributed by atoms with Gasteiger partial charge in [-0.3, -0.25) is 9.48 Å². The summed E-state index contributed by atoms with van der Waals surface area (Å²) in [7, 11) is 0. The Balaban J connectivity index is 1.61. The molecule has 1 saturated heterocycles. The van der Waals surface area contributed by atoms with E-state index >= 15 is 0 Å². The number of hydrogen-bond acceptors (Lipinski definition) is 6. The number of alkyl halides is 3. The molecule has 1 aliphatic rings. The first kappa shape index (κ1) is 18.3. The molecule has 0 unspecified atom stereocenters. The van der Waals surface area contributed by atoms with Gasteiger partial charge in [0.1, 0.15) is 0 Å². The smallest absolute Gasteiger partial charge is 0.447 e. The van der Waals surface area contributed by atoms with Crippen molar-refractivity contribution in [3.63, 3.8) is 0 Å². The van der Waals surface area contributed by atoms with Crippen LogP contribution in [0.2, 0.25) is 0 Å². The van der Waals surface area contributed by atoms with Gasteiger partial charge in [-0.05, 0) is 12.5 Å². The van der Waals surface area contributed by atoms with E-state index in [1.54, 1.807) is 16.9 Å². The number of aromatic nitrogens is 3. The van der Waals surface area contributed by atoms with Gasteiger partial charge >= 0.3 is 12.0 Å². The van der Waals surface area contributed by atoms with Crippen molar-refractivity contribution >= 4 is 5.78 Å². The molecular formula is C16H16F3N3O4. The molecule has 0 saturated carbocycles. The average Bonchev–Trinajstić information content (AvgIpc) is 3.23. The largest absolute Gasteiger partial charge is 0.472 e. The predicted molar refractivity (Wildman–Crippen MR) is 81.8 cm³/mol. The molecule has 1 fully saturated rings. The monoisotopic (exact) mass is 371 g/mol. The van der Waals surface area contributed by atoms with Gasteiger partial charge in [0.2, 0.25) is 5.88 Å². The van der Waals surface area contributed by atoms with Crippen LogP contribution < -0.4 is 4.74 Å². The summed E-state index contributed by atoms with van der Waals surface area (Å²) in [4.78, 5) is 15.2. The van der Waals surface area contributed by atoms with Crippen molar-refractivity contribution in [3.8, 4) is 5.88 Å². The number of carbonyl (C=O) groups is 1. The summed E-state index contributed by atoms with van der Waals surface area (Å²) in [6, 6.07) is 3.10. The van der Waals surface area contributed by atoms with E-state index in [1.165, 1.54) is 25.4 Å². The van der Waals surface area contributed by atoms with Gasteiger partial charge in [-0.25, -0.2) is 4.98 Å². The van der Waals surface area contributed by atoms with Crippen LogP contribution >= 0.6 is 0 Å². The van der Waals surface area contributed by atoms with Crippen molar-refractivity contribution in [1.82, 2.24) is 14.8 Å². The van der Waals surface area contributed by atoms with Crippen LogP contribution in [0.5, 0.6) is 5.88 Å². The SMILES string of the molecule is CC(=O)c1cnn(Cc2ccc(OCC3(C(F)(F)F)OCCO3)nc2)c1. The van der Waals surface area contributed by atoms with Gasteiger partial charge in [-0.2, -0.15) is 18.3 Å². The number of nitrogens with zero attached hydrogens (tertiary/aromatic N) is 3. The molecule has 1 aliphatic heterocycles. The summed E-state index contributed by atoms with van der Waals surface area (Å²) < 4.78 is 55.4. The molecule has 0 N–H and O–H groups in total. The molecule has 140 valence electrons. The zero-order valence-electron chi connectivity index (χ0n) is 13.8. The molecule has 7 nitrogen and oxygen atoms in total. The van der Waals surface area contributed by atoms with E-state index in [0.29, 0.717) is 12.1 Å². The summed E-state index contributed by atoms with van der Waals surface area (Å²) in [5.74, 6) is -2.83. The van der Waals surface area contributed by atoms with Gasteiger partial charge < -0.3 is 14.2 Å². The van der Waals surface area contributed by atoms with E-state index < -0.39 is 18.6 Å². The van der Waals surface area contributed by atoms with E-state index in [1.807, 2.05) is 0 Å². The fourth-order valence-electron chi connectivity index (χ4n) is 2.36. The lowest BCUT2D eigenvalue weighted by atomic mass is 10.2. The average molecular weight is 371 g/mol. The van der Waals surface area contributed by atoms with Crippen molar-refractivity contribution in [2.45, 2.75) is 25.4 Å². The van der Waals surface area contributed by atoms with Gasteiger partial charge in [-0.1, -0.05) is 6.07 Å². The maximum atomic E-state index is 13.1. The van der Waals surface area contributed by atoms with Gasteiger partial charge in [-0.15, -0.1) is 0 Å². The molecule has 0 radical (unpaired) electrons. The van der Waals surface area contributed by atoms with Crippen molar-refractivity contribution in [2.75, 3.05) is 19.8 Å². The molecule has 26 heavy (non-hydrogen) atoms. The quantitative estimate of drug-likeness (QED) is 0.725. The molecule has 0 atom stereocenters. The Morgan fingerprint density at radius 1 is 1.31 bits per heavy atom. The number of halogens is 3. The van der Waals surface area contributed by atoms with Crippen molar-refractivity contribution < 1.29 is 32.2 Å². The first-order chi connectivity index (χ1) is 12.3. The van der Waals surface area contributed by atoms with Gasteiger partial charge in [0.25, 0.3) is 0 Å². The maximum absolute atomic E-state index is 13.1. The number of Topliss-reactive ketones (excluding diaryl/α,β-unsaturated/α-hetero) is 1. The number of carbonyl (C=O) groups excluding carboxylic acids is 1. The molecule has 10 heteroatoms. The molecule has 3 rings (SSSR count). The number of pyridine rings is 1. The second-order valence-electron chi connectivity index (χ2n) is 5.72. The highest BCUT2D eigenvalue weighted by atomic mass is 19.4. The minimum absolute atomic E-state index is 0.0152. The Labute approximate surface area is 146 Å². The minimum Gasteiger partial charge on any atom is -0.472 e. The highest BCUT2D eigenvalue weighted by molar-refractivity contribution is 5.93. The van der Waals surface area contributed by atoms with Gasteiger partial charge in [0.05, 0.1) is 31.5 Å². The van der Waals surface area contributed by atoms with Crippen molar-refractivity contribution in [1.29, 1.82) is 0 Å². The van der Waals surface area contributed by atoms with Crippen molar-refractivity contribution in [2.24, 2.45) is 0 Å². The van der Waals surface area contributed by atoms with E-state index in [0.717, 1.165) is 5.56 Å². The third-order valence-corrected chi connectivity index (χ3v) is 3.78. The fourth-order valence-corrected chi connectivity index (χ4v) is 2.36. The molecule has 2 aromatic heterocycles. The molecular weight excluding hydrogens is 355 g/mol. The molecule has 2 aromatic rings. The normalized spacial score (nSPS) is 16.6. The van der Waals surface area contributed by atoms with E-state index in [-0.39, 0.29) is 24.9 Å². The van der Waals surface area contributed by atoms with E-state index in [9.17, 15) is 18.0 Å². The molecule has 0 bridgehead atoms. The predicted octanol–water partition coefficient (Wildman–Crippen LogP) is 2.21. The molecule has 0 amide bonds. The Kier molecular flexibility index (Phi) is 4.97. The lowest BCUT2D eigenvalue weighted by molar-refractivity contribution is -0.350. The third kappa shape index (κ3) is 3.86. The highest BCUT2D eigenvalue weighted by Crippen LogP contribution is 2.37. The second-order valence-corrected chi connectivity index (χ2v) is 5.72. The van der Waals surface area contributed by atoms with E-state index in [4.69, 9.17) is 14.2 Å². The van der Waals surface area contributed by atoms with Crippen LogP contribution in [0.3, 0.4) is 0 Å². The van der Waals surface area contributed by atoms with Crippen LogP contribution in [0.1, 0.15) is 22.8 Å². The summed E-state index contributed by atoms with van der Waals surface area (Å²) >= 11 is 0. The topological polar surface area (TPSA) is 75.5 Å². The Hall–Kier alpha value is -2.46. The zero-order chi connectivity index (χ0) is 18.8. The lowest BCUT2D eigenvalue weighted by Crippen LogP contribution is -2.51. The first-order valence-corrected chi connectivity index (χ1v) is 7.75. The zero-order valence-corrected chi connectivity index (χ0v) is 13.8. The van der Waals surface area contributed by atoms with Crippen LogP contribution in [0.4, 0.5) is 13.2 Å². The lowest BCUT2D eigenvalue weighted by Gasteiger charge is -2.28. The van der Waals surface area contributed by atoms with Crippen LogP contribution in [-0.4, -0.2) is 52.3 Å². The molecule has 3 heterocycles. The van der Waals surface area contributed by atoms with Crippen LogP contribution in [0, 0.1) is 0 Å². The Morgan fingerprint density at radius 3 is 2.58 bits per heavy atom. The minimum atomic E-state index is -4.71. The summed E-state index contributed by atoms with van der Waals surface area (Å²) in [5, 5.41) is 4.06. The Bertz CT molecular complexity index is 768.